The molecule has 1 heterocycles. The molecule has 27 heavy (non-hydrogen) atoms. The third kappa shape index (κ3) is 3.71. The van der Waals surface area contributed by atoms with Crippen LogP contribution in [0, 0.1) is 12.8 Å². The Morgan fingerprint density at radius 3 is 2.63 bits per heavy atom. The van der Waals surface area contributed by atoms with Crippen LogP contribution >= 0.6 is 0 Å². The molecule has 0 saturated carbocycles. The molecule has 0 bridgehead atoms. The topological polar surface area (TPSA) is 85.2 Å². The van der Waals surface area contributed by atoms with Crippen molar-refractivity contribution in [2.45, 2.75) is 39.9 Å². The van der Waals surface area contributed by atoms with Gasteiger partial charge in [-0.1, -0.05) is 19.9 Å². The van der Waals surface area contributed by atoms with Gasteiger partial charge in [-0.2, -0.15) is 0 Å². The molecule has 1 aliphatic rings. The number of aliphatic hydroxyl groups excluding tert-OH is 1. The summed E-state index contributed by atoms with van der Waals surface area (Å²) >= 11 is 0. The Labute approximate surface area is 158 Å². The molecular formula is C21H24O6. The summed E-state index contributed by atoms with van der Waals surface area (Å²) in [6.45, 7) is 5.83. The van der Waals surface area contributed by atoms with Crippen molar-refractivity contribution in [3.63, 3.8) is 0 Å². The van der Waals surface area contributed by atoms with E-state index < -0.39 is 12.1 Å². The number of methoxy groups -OCH3 is 1. The first kappa shape index (κ1) is 19.0. The maximum atomic E-state index is 12.5. The molecule has 1 atom stereocenters. The van der Waals surface area contributed by atoms with Gasteiger partial charge in [-0.15, -0.1) is 0 Å². The van der Waals surface area contributed by atoms with Crippen molar-refractivity contribution >= 4 is 5.97 Å². The van der Waals surface area contributed by atoms with E-state index in [9.17, 15) is 15.0 Å². The summed E-state index contributed by atoms with van der Waals surface area (Å²) in [5.41, 5.74) is 2.07. The Hall–Kier alpha value is -2.73. The van der Waals surface area contributed by atoms with Gasteiger partial charge in [-0.25, -0.2) is 4.79 Å². The van der Waals surface area contributed by atoms with Crippen LogP contribution < -0.4 is 9.47 Å². The number of hydrogen-bond acceptors (Lipinski definition) is 6. The maximum absolute atomic E-state index is 12.5. The van der Waals surface area contributed by atoms with Crippen LogP contribution in [0.3, 0.4) is 0 Å². The molecule has 1 aliphatic heterocycles. The first-order valence-corrected chi connectivity index (χ1v) is 8.88. The number of phenols is 1. The number of carbonyl (C=O) groups is 1. The summed E-state index contributed by atoms with van der Waals surface area (Å²) in [5.74, 6) is 0.255. The van der Waals surface area contributed by atoms with E-state index in [0.29, 0.717) is 17.5 Å². The maximum Gasteiger partial charge on any atom is 0.342 e. The highest BCUT2D eigenvalue weighted by atomic mass is 16.5. The molecule has 144 valence electrons. The Morgan fingerprint density at radius 2 is 1.96 bits per heavy atom. The molecule has 6 heteroatoms. The first-order chi connectivity index (χ1) is 12.8. The molecule has 0 spiro atoms. The van der Waals surface area contributed by atoms with Crippen molar-refractivity contribution in [3.05, 3.63) is 46.5 Å². The number of rotatable bonds is 4. The van der Waals surface area contributed by atoms with Gasteiger partial charge in [0.2, 0.25) is 0 Å². The van der Waals surface area contributed by atoms with Crippen LogP contribution in [-0.4, -0.2) is 23.3 Å². The van der Waals surface area contributed by atoms with Crippen molar-refractivity contribution in [1.29, 1.82) is 0 Å². The fourth-order valence-electron chi connectivity index (χ4n) is 3.26. The molecule has 0 saturated heterocycles. The number of aliphatic hydroxyl groups is 1. The molecule has 0 radical (unpaired) electrons. The van der Waals surface area contributed by atoms with Crippen molar-refractivity contribution in [3.8, 4) is 23.0 Å². The summed E-state index contributed by atoms with van der Waals surface area (Å²) < 4.78 is 16.8. The van der Waals surface area contributed by atoms with Gasteiger partial charge in [0.05, 0.1) is 13.2 Å². The van der Waals surface area contributed by atoms with Gasteiger partial charge in [0.1, 0.15) is 12.2 Å². The van der Waals surface area contributed by atoms with Crippen LogP contribution in [0.5, 0.6) is 23.0 Å². The van der Waals surface area contributed by atoms with Crippen LogP contribution in [-0.2, 0) is 11.3 Å². The van der Waals surface area contributed by atoms with Crippen molar-refractivity contribution in [1.82, 2.24) is 0 Å². The largest absolute Gasteiger partial charge is 0.504 e. The zero-order valence-electron chi connectivity index (χ0n) is 15.9. The van der Waals surface area contributed by atoms with Gasteiger partial charge in [-0.3, -0.25) is 0 Å². The van der Waals surface area contributed by atoms with Crippen LogP contribution in [0.25, 0.3) is 0 Å². The molecule has 2 aromatic rings. The fourth-order valence-corrected chi connectivity index (χ4v) is 3.26. The zero-order chi connectivity index (χ0) is 19.7. The third-order valence-corrected chi connectivity index (χ3v) is 4.47. The van der Waals surface area contributed by atoms with Crippen molar-refractivity contribution in [2.24, 2.45) is 5.92 Å². The van der Waals surface area contributed by atoms with Crippen molar-refractivity contribution < 1.29 is 29.2 Å². The van der Waals surface area contributed by atoms with E-state index in [1.165, 1.54) is 7.11 Å². The molecule has 0 aromatic heterocycles. The Balaban J connectivity index is 2.17. The fraction of sp³-hybridized carbons (Fsp3) is 0.381. The minimum absolute atomic E-state index is 0.0110. The van der Waals surface area contributed by atoms with E-state index >= 15 is 0 Å². The highest BCUT2D eigenvalue weighted by Crippen LogP contribution is 2.46. The van der Waals surface area contributed by atoms with Gasteiger partial charge in [0, 0.05) is 11.1 Å². The SMILES string of the molecule is COc1c([C@@H](O)CC(C)C)ccc2c1Oc1c(O)cc(C)cc1COC2=O. The van der Waals surface area contributed by atoms with E-state index in [4.69, 9.17) is 14.2 Å². The molecule has 0 unspecified atom stereocenters. The zero-order valence-corrected chi connectivity index (χ0v) is 15.9. The third-order valence-electron chi connectivity index (χ3n) is 4.47. The number of hydrogen-bond donors (Lipinski definition) is 2. The van der Waals surface area contributed by atoms with E-state index in [0.717, 1.165) is 5.56 Å². The Kier molecular flexibility index (Phi) is 5.28. The Bertz CT molecular complexity index is 871. The lowest BCUT2D eigenvalue weighted by molar-refractivity contribution is 0.0457. The summed E-state index contributed by atoms with van der Waals surface area (Å²) in [7, 11) is 1.45. The highest BCUT2D eigenvalue weighted by molar-refractivity contribution is 5.94. The average molecular weight is 372 g/mol. The minimum atomic E-state index is -0.776. The number of aryl methyl sites for hydroxylation is 1. The van der Waals surface area contributed by atoms with E-state index in [-0.39, 0.29) is 41.1 Å². The summed E-state index contributed by atoms with van der Waals surface area (Å²) in [4.78, 5) is 12.5. The lowest BCUT2D eigenvalue weighted by Crippen LogP contribution is -2.14. The van der Waals surface area contributed by atoms with E-state index in [1.54, 1.807) is 24.3 Å². The van der Waals surface area contributed by atoms with Gasteiger partial charge in [-0.05, 0) is 43.0 Å². The summed E-state index contributed by atoms with van der Waals surface area (Å²) in [6, 6.07) is 6.56. The van der Waals surface area contributed by atoms with Crippen molar-refractivity contribution in [2.75, 3.05) is 7.11 Å². The molecule has 2 aromatic carbocycles. The molecular weight excluding hydrogens is 348 g/mol. The summed E-state index contributed by atoms with van der Waals surface area (Å²) in [5, 5.41) is 20.9. The number of cyclic esters (lactones) is 1. The number of fused-ring (bicyclic) bond motifs is 2. The lowest BCUT2D eigenvalue weighted by Gasteiger charge is -2.24. The van der Waals surface area contributed by atoms with Gasteiger partial charge >= 0.3 is 5.97 Å². The highest BCUT2D eigenvalue weighted by Gasteiger charge is 2.29. The quantitative estimate of drug-likeness (QED) is 0.781. The predicted molar refractivity (Wildman–Crippen MR) is 99.4 cm³/mol. The van der Waals surface area contributed by atoms with Crippen LogP contribution in [0.15, 0.2) is 24.3 Å². The summed E-state index contributed by atoms with van der Waals surface area (Å²) in [6.07, 6.45) is -0.248. The van der Waals surface area contributed by atoms with Gasteiger partial charge in [0.15, 0.2) is 23.0 Å². The molecule has 6 nitrogen and oxygen atoms in total. The number of benzene rings is 2. The van der Waals surface area contributed by atoms with Crippen LogP contribution in [0.4, 0.5) is 0 Å². The normalized spacial score (nSPS) is 14.4. The molecule has 0 fully saturated rings. The van der Waals surface area contributed by atoms with Crippen LogP contribution in [0.2, 0.25) is 0 Å². The van der Waals surface area contributed by atoms with E-state index in [1.807, 2.05) is 20.8 Å². The van der Waals surface area contributed by atoms with E-state index in [2.05, 4.69) is 0 Å². The monoisotopic (exact) mass is 372 g/mol. The van der Waals surface area contributed by atoms with Gasteiger partial charge < -0.3 is 24.4 Å². The second-order valence-electron chi connectivity index (χ2n) is 7.16. The van der Waals surface area contributed by atoms with Gasteiger partial charge in [0.25, 0.3) is 0 Å². The van der Waals surface area contributed by atoms with Crippen LogP contribution in [0.1, 0.15) is 53.4 Å². The number of carbonyl (C=O) groups excluding carboxylic acids is 1. The number of esters is 1. The second kappa shape index (κ2) is 7.48. The molecule has 0 aliphatic carbocycles. The molecule has 2 N–H and O–H groups in total. The standard InChI is InChI=1S/C21H24O6/c1-11(2)7-16(22)14-5-6-15-20(19(14)25-4)27-18-13(10-26-21(15)24)8-12(3)9-17(18)23/h5-6,8-9,11,16,22-23H,7,10H2,1-4H3/t16-/m0/s1. The molecule has 3 rings (SSSR count). The second-order valence-corrected chi connectivity index (χ2v) is 7.16. The number of phenolic OH excluding ortho intramolecular Hbond substituents is 1. The predicted octanol–water partition coefficient (Wildman–Crippen LogP) is 4.25. The average Bonchev–Trinajstić information content (AvgIpc) is 2.59. The first-order valence-electron chi connectivity index (χ1n) is 8.88. The Morgan fingerprint density at radius 1 is 1.22 bits per heavy atom. The number of aromatic hydroxyl groups is 1. The minimum Gasteiger partial charge on any atom is -0.504 e. The number of ether oxygens (including phenoxy) is 3. The molecule has 0 amide bonds. The lowest BCUT2D eigenvalue weighted by atomic mass is 9.97. The smallest absolute Gasteiger partial charge is 0.342 e.